The van der Waals surface area contributed by atoms with Crippen molar-refractivity contribution in [3.63, 3.8) is 0 Å². The van der Waals surface area contributed by atoms with Gasteiger partial charge in [-0.3, -0.25) is 4.55 Å². The maximum Gasteiger partial charge on any atom is 0.295 e. The predicted octanol–water partition coefficient (Wildman–Crippen LogP) is 3.69. The van der Waals surface area contributed by atoms with E-state index in [9.17, 15) is 18.1 Å². The standard InChI is InChI=1S/C16H12ClNO4S/c17-14-13(9-4-3-5-10(18)8-9)16(23(20,21)22)12-7-2-1-6-11(12)15(14)19/h1-8,19H,18H2,(H,20,21,22). The first-order chi connectivity index (χ1) is 10.8. The van der Waals surface area contributed by atoms with E-state index in [2.05, 4.69) is 0 Å². The molecule has 0 heterocycles. The lowest BCUT2D eigenvalue weighted by Crippen LogP contribution is -2.03. The zero-order valence-electron chi connectivity index (χ0n) is 11.7. The highest BCUT2D eigenvalue weighted by atomic mass is 35.5. The largest absolute Gasteiger partial charge is 0.506 e. The number of hydrogen-bond acceptors (Lipinski definition) is 4. The van der Waals surface area contributed by atoms with Gasteiger partial charge in [-0.05, 0) is 17.7 Å². The topological polar surface area (TPSA) is 101 Å². The first-order valence-electron chi connectivity index (χ1n) is 6.57. The summed E-state index contributed by atoms with van der Waals surface area (Å²) in [5.74, 6) is -0.257. The summed E-state index contributed by atoms with van der Waals surface area (Å²) in [4.78, 5) is -0.360. The van der Waals surface area contributed by atoms with Crippen LogP contribution in [0.25, 0.3) is 21.9 Å². The third kappa shape index (κ3) is 2.61. The van der Waals surface area contributed by atoms with Crippen molar-refractivity contribution in [1.82, 2.24) is 0 Å². The molecular weight excluding hydrogens is 338 g/mol. The first-order valence-corrected chi connectivity index (χ1v) is 8.39. The molecule has 0 unspecified atom stereocenters. The first kappa shape index (κ1) is 15.6. The maximum absolute atomic E-state index is 12.0. The monoisotopic (exact) mass is 349 g/mol. The van der Waals surface area contributed by atoms with Crippen molar-refractivity contribution in [3.05, 3.63) is 53.6 Å². The fourth-order valence-electron chi connectivity index (χ4n) is 2.58. The minimum absolute atomic E-state index is 0.0117. The molecule has 0 aliphatic carbocycles. The van der Waals surface area contributed by atoms with Gasteiger partial charge >= 0.3 is 0 Å². The lowest BCUT2D eigenvalue weighted by Gasteiger charge is -2.15. The molecule has 0 fully saturated rings. The SMILES string of the molecule is Nc1cccc(-c2c(Cl)c(O)c3ccccc3c2S(=O)(=O)O)c1. The van der Waals surface area contributed by atoms with Crippen LogP contribution in [0.1, 0.15) is 0 Å². The normalized spacial score (nSPS) is 11.7. The summed E-state index contributed by atoms with van der Waals surface area (Å²) in [6, 6.07) is 12.6. The number of phenols is 1. The van der Waals surface area contributed by atoms with Gasteiger partial charge in [0.2, 0.25) is 0 Å². The number of aromatic hydroxyl groups is 1. The van der Waals surface area contributed by atoms with Gasteiger partial charge in [-0.15, -0.1) is 0 Å². The number of benzene rings is 3. The van der Waals surface area contributed by atoms with E-state index < -0.39 is 10.1 Å². The molecule has 0 spiro atoms. The number of nitrogen functional groups attached to an aromatic ring is 1. The summed E-state index contributed by atoms with van der Waals surface area (Å²) in [5.41, 5.74) is 6.52. The Morgan fingerprint density at radius 2 is 1.65 bits per heavy atom. The predicted molar refractivity (Wildman–Crippen MR) is 90.3 cm³/mol. The van der Waals surface area contributed by atoms with Gasteiger partial charge in [0.25, 0.3) is 10.1 Å². The Balaban J connectivity index is 2.58. The highest BCUT2D eigenvalue weighted by Crippen LogP contribution is 2.46. The van der Waals surface area contributed by atoms with Crippen molar-refractivity contribution >= 4 is 38.2 Å². The van der Waals surface area contributed by atoms with E-state index in [4.69, 9.17) is 17.3 Å². The van der Waals surface area contributed by atoms with Gasteiger partial charge in [0.1, 0.15) is 10.6 Å². The molecule has 0 aliphatic heterocycles. The van der Waals surface area contributed by atoms with Crippen LogP contribution in [-0.4, -0.2) is 18.1 Å². The number of fused-ring (bicyclic) bond motifs is 1. The second-order valence-corrected chi connectivity index (χ2v) is 6.75. The van der Waals surface area contributed by atoms with Crippen LogP contribution >= 0.6 is 11.6 Å². The number of hydrogen-bond donors (Lipinski definition) is 3. The Morgan fingerprint density at radius 3 is 2.26 bits per heavy atom. The van der Waals surface area contributed by atoms with Crippen molar-refractivity contribution in [2.45, 2.75) is 4.90 Å². The van der Waals surface area contributed by atoms with E-state index >= 15 is 0 Å². The molecule has 4 N–H and O–H groups in total. The molecule has 0 aromatic heterocycles. The fraction of sp³-hybridized carbons (Fsp3) is 0. The third-order valence-electron chi connectivity index (χ3n) is 3.51. The number of rotatable bonds is 2. The lowest BCUT2D eigenvalue weighted by molar-refractivity contribution is 0.480. The van der Waals surface area contributed by atoms with Crippen LogP contribution in [0.5, 0.6) is 5.75 Å². The summed E-state index contributed by atoms with van der Waals surface area (Å²) in [5, 5.41) is 10.6. The van der Waals surface area contributed by atoms with Crippen LogP contribution in [0.4, 0.5) is 5.69 Å². The van der Waals surface area contributed by atoms with Gasteiger partial charge < -0.3 is 10.8 Å². The molecular formula is C16H12ClNO4S. The molecule has 0 amide bonds. The van der Waals surface area contributed by atoms with Gasteiger partial charge in [-0.2, -0.15) is 8.42 Å². The quantitative estimate of drug-likeness (QED) is 0.484. The van der Waals surface area contributed by atoms with Crippen molar-refractivity contribution in [2.24, 2.45) is 0 Å². The molecule has 0 saturated carbocycles. The molecule has 3 aromatic rings. The van der Waals surface area contributed by atoms with Crippen molar-refractivity contribution in [2.75, 3.05) is 5.73 Å². The van der Waals surface area contributed by atoms with Gasteiger partial charge in [0, 0.05) is 22.0 Å². The Bertz CT molecular complexity index is 1030. The molecule has 7 heteroatoms. The Labute approximate surface area is 137 Å². The molecule has 0 radical (unpaired) electrons. The summed E-state index contributed by atoms with van der Waals surface area (Å²) >= 11 is 6.20. The lowest BCUT2D eigenvalue weighted by atomic mass is 9.99. The van der Waals surface area contributed by atoms with E-state index in [0.717, 1.165) is 0 Å². The Kier molecular flexibility index (Phi) is 3.68. The fourth-order valence-corrected chi connectivity index (χ4v) is 3.87. The molecule has 23 heavy (non-hydrogen) atoms. The Hall–Kier alpha value is -2.28. The molecule has 5 nitrogen and oxygen atoms in total. The molecule has 0 saturated heterocycles. The molecule has 3 aromatic carbocycles. The molecule has 118 valence electrons. The average Bonchev–Trinajstić information content (AvgIpc) is 2.49. The third-order valence-corrected chi connectivity index (χ3v) is 4.82. The minimum Gasteiger partial charge on any atom is -0.506 e. The van der Waals surface area contributed by atoms with E-state index in [1.165, 1.54) is 18.2 Å². The van der Waals surface area contributed by atoms with Crippen LogP contribution in [-0.2, 0) is 10.1 Å². The number of nitrogens with two attached hydrogens (primary N) is 1. The van der Waals surface area contributed by atoms with Crippen LogP contribution in [0.3, 0.4) is 0 Å². The van der Waals surface area contributed by atoms with E-state index in [-0.39, 0.29) is 32.0 Å². The summed E-state index contributed by atoms with van der Waals surface area (Å²) in [7, 11) is -4.60. The second kappa shape index (κ2) is 5.42. The van der Waals surface area contributed by atoms with Gasteiger partial charge in [-0.25, -0.2) is 0 Å². The second-order valence-electron chi connectivity index (χ2n) is 5.01. The zero-order chi connectivity index (χ0) is 16.8. The number of phenolic OH excluding ortho intramolecular Hbond substituents is 1. The highest BCUT2D eigenvalue weighted by molar-refractivity contribution is 7.86. The smallest absolute Gasteiger partial charge is 0.295 e. The van der Waals surface area contributed by atoms with Crippen LogP contribution in [0.2, 0.25) is 5.02 Å². The Morgan fingerprint density at radius 1 is 1.00 bits per heavy atom. The van der Waals surface area contributed by atoms with Crippen molar-refractivity contribution in [1.29, 1.82) is 0 Å². The summed E-state index contributed by atoms with van der Waals surface area (Å²) < 4.78 is 33.7. The van der Waals surface area contributed by atoms with Gasteiger partial charge in [-0.1, -0.05) is 48.0 Å². The summed E-state index contributed by atoms with van der Waals surface area (Å²) in [6.45, 7) is 0. The van der Waals surface area contributed by atoms with Crippen molar-refractivity contribution in [3.8, 4) is 16.9 Å². The maximum atomic E-state index is 12.0. The van der Waals surface area contributed by atoms with Crippen molar-refractivity contribution < 1.29 is 18.1 Å². The molecule has 0 bridgehead atoms. The van der Waals surface area contributed by atoms with Crippen LogP contribution < -0.4 is 5.73 Å². The molecule has 3 rings (SSSR count). The van der Waals surface area contributed by atoms with Gasteiger partial charge in [0.05, 0.1) is 5.02 Å². The van der Waals surface area contributed by atoms with E-state index in [1.54, 1.807) is 30.3 Å². The minimum atomic E-state index is -4.60. The van der Waals surface area contributed by atoms with Crippen LogP contribution in [0, 0.1) is 0 Å². The number of halogens is 1. The zero-order valence-corrected chi connectivity index (χ0v) is 13.3. The van der Waals surface area contributed by atoms with E-state index in [1.807, 2.05) is 0 Å². The van der Waals surface area contributed by atoms with Gasteiger partial charge in [0.15, 0.2) is 0 Å². The van der Waals surface area contributed by atoms with Crippen LogP contribution in [0.15, 0.2) is 53.4 Å². The number of anilines is 1. The summed E-state index contributed by atoms with van der Waals surface area (Å²) in [6.07, 6.45) is 0. The molecule has 0 atom stereocenters. The van der Waals surface area contributed by atoms with E-state index in [0.29, 0.717) is 11.3 Å². The average molecular weight is 350 g/mol. The highest BCUT2D eigenvalue weighted by Gasteiger charge is 2.26. The molecule has 0 aliphatic rings.